The normalized spacial score (nSPS) is 10.8. The number of halogens is 1. The molecule has 2 aromatic heterocycles. The third kappa shape index (κ3) is 3.92. The van der Waals surface area contributed by atoms with Crippen molar-refractivity contribution in [3.05, 3.63) is 76.7 Å². The molecule has 0 unspecified atom stereocenters. The van der Waals surface area contributed by atoms with E-state index in [4.69, 9.17) is 4.42 Å². The van der Waals surface area contributed by atoms with E-state index in [0.29, 0.717) is 11.3 Å². The van der Waals surface area contributed by atoms with E-state index in [1.165, 1.54) is 12.4 Å². The third-order valence-electron chi connectivity index (χ3n) is 3.02. The minimum atomic E-state index is -0.326. The monoisotopic (exact) mass is 369 g/mol. The van der Waals surface area contributed by atoms with E-state index >= 15 is 0 Å². The Kier molecular flexibility index (Phi) is 4.63. The van der Waals surface area contributed by atoms with Crippen molar-refractivity contribution in [1.82, 2.24) is 10.4 Å². The molecule has 0 atom stereocenters. The van der Waals surface area contributed by atoms with Crippen LogP contribution in [0.1, 0.15) is 16.1 Å². The highest BCUT2D eigenvalue weighted by atomic mass is 79.9. The number of pyridine rings is 1. The number of hydrazone groups is 1. The molecular formula is C17H12BrN3O2. The predicted octanol–water partition coefficient (Wildman–Crippen LogP) is 3.87. The van der Waals surface area contributed by atoms with Gasteiger partial charge in [-0.2, -0.15) is 5.10 Å². The fraction of sp³-hybridized carbons (Fsp3) is 0. The molecule has 6 heteroatoms. The van der Waals surface area contributed by atoms with Crippen LogP contribution in [0.5, 0.6) is 0 Å². The molecule has 5 nitrogen and oxygen atoms in total. The van der Waals surface area contributed by atoms with Crippen LogP contribution in [-0.4, -0.2) is 17.1 Å². The molecule has 23 heavy (non-hydrogen) atoms. The van der Waals surface area contributed by atoms with Crippen LogP contribution in [0.3, 0.4) is 0 Å². The van der Waals surface area contributed by atoms with Crippen molar-refractivity contribution in [2.45, 2.75) is 0 Å². The van der Waals surface area contributed by atoms with Crippen LogP contribution in [-0.2, 0) is 0 Å². The molecule has 0 fully saturated rings. The van der Waals surface area contributed by atoms with Crippen molar-refractivity contribution in [2.75, 3.05) is 0 Å². The van der Waals surface area contributed by atoms with E-state index in [9.17, 15) is 4.79 Å². The molecule has 2 heterocycles. The second kappa shape index (κ2) is 7.02. The third-order valence-corrected chi connectivity index (χ3v) is 3.51. The molecule has 1 aromatic carbocycles. The number of hydrogen-bond donors (Lipinski definition) is 1. The predicted molar refractivity (Wildman–Crippen MR) is 91.1 cm³/mol. The van der Waals surface area contributed by atoms with Gasteiger partial charge in [0.15, 0.2) is 0 Å². The van der Waals surface area contributed by atoms with E-state index in [-0.39, 0.29) is 5.91 Å². The van der Waals surface area contributed by atoms with Crippen LogP contribution >= 0.6 is 15.9 Å². The number of hydrogen-bond acceptors (Lipinski definition) is 4. The van der Waals surface area contributed by atoms with Crippen LogP contribution in [0.2, 0.25) is 0 Å². The van der Waals surface area contributed by atoms with E-state index in [1.54, 1.807) is 24.4 Å². The fourth-order valence-corrected chi connectivity index (χ4v) is 2.33. The van der Waals surface area contributed by atoms with Gasteiger partial charge < -0.3 is 4.42 Å². The van der Waals surface area contributed by atoms with Crippen molar-refractivity contribution >= 4 is 28.1 Å². The van der Waals surface area contributed by atoms with Crippen LogP contribution < -0.4 is 5.43 Å². The Balaban J connectivity index is 1.66. The van der Waals surface area contributed by atoms with Gasteiger partial charge in [0.05, 0.1) is 11.8 Å². The Hall–Kier alpha value is -2.73. The molecular weight excluding hydrogens is 358 g/mol. The van der Waals surface area contributed by atoms with Crippen molar-refractivity contribution in [3.63, 3.8) is 0 Å². The Morgan fingerprint density at radius 1 is 1.22 bits per heavy atom. The van der Waals surface area contributed by atoms with Gasteiger partial charge >= 0.3 is 0 Å². The molecule has 0 bridgehead atoms. The first-order chi connectivity index (χ1) is 11.2. The first-order valence-electron chi connectivity index (χ1n) is 6.81. The number of rotatable bonds is 4. The molecule has 114 valence electrons. The zero-order valence-corrected chi connectivity index (χ0v) is 13.5. The smallest absolute Gasteiger partial charge is 0.272 e. The Morgan fingerprint density at radius 2 is 2.13 bits per heavy atom. The second-order valence-electron chi connectivity index (χ2n) is 4.65. The standard InChI is InChI=1S/C17H12BrN3O2/c18-14-5-1-3-12(9-14)16-7-6-15(23-16)11-20-21-17(22)13-4-2-8-19-10-13/h1-11H,(H,21,22). The zero-order valence-electron chi connectivity index (χ0n) is 11.9. The summed E-state index contributed by atoms with van der Waals surface area (Å²) >= 11 is 3.43. The summed E-state index contributed by atoms with van der Waals surface area (Å²) in [5.74, 6) is 0.950. The quantitative estimate of drug-likeness (QED) is 0.560. The lowest BCUT2D eigenvalue weighted by atomic mass is 10.2. The van der Waals surface area contributed by atoms with E-state index < -0.39 is 0 Å². The van der Waals surface area contributed by atoms with Crippen LogP contribution in [0.4, 0.5) is 0 Å². The summed E-state index contributed by atoms with van der Waals surface area (Å²) in [7, 11) is 0. The minimum Gasteiger partial charge on any atom is -0.455 e. The van der Waals surface area contributed by atoms with Gasteiger partial charge in [-0.05, 0) is 36.4 Å². The van der Waals surface area contributed by atoms with Crippen molar-refractivity contribution in [2.24, 2.45) is 5.10 Å². The number of benzene rings is 1. The maximum absolute atomic E-state index is 11.8. The maximum atomic E-state index is 11.8. The minimum absolute atomic E-state index is 0.326. The molecule has 0 saturated carbocycles. The van der Waals surface area contributed by atoms with E-state index in [0.717, 1.165) is 15.8 Å². The van der Waals surface area contributed by atoms with Gasteiger partial charge in [-0.1, -0.05) is 28.1 Å². The summed E-state index contributed by atoms with van der Waals surface area (Å²) in [6.45, 7) is 0. The molecule has 0 aliphatic carbocycles. The number of carbonyl (C=O) groups is 1. The Bertz CT molecular complexity index is 844. The summed E-state index contributed by atoms with van der Waals surface area (Å²) in [6, 6.07) is 14.8. The first kappa shape index (κ1) is 15.2. The fourth-order valence-electron chi connectivity index (χ4n) is 1.94. The van der Waals surface area contributed by atoms with Gasteiger partial charge in [0, 0.05) is 22.4 Å². The molecule has 0 aliphatic heterocycles. The number of aromatic nitrogens is 1. The molecule has 1 amide bonds. The second-order valence-corrected chi connectivity index (χ2v) is 5.57. The Morgan fingerprint density at radius 3 is 2.91 bits per heavy atom. The molecule has 3 rings (SSSR count). The lowest BCUT2D eigenvalue weighted by Gasteiger charge is -1.98. The number of nitrogens with zero attached hydrogens (tertiary/aromatic N) is 2. The van der Waals surface area contributed by atoms with Gasteiger partial charge in [-0.25, -0.2) is 5.43 Å². The molecule has 0 aliphatic rings. The van der Waals surface area contributed by atoms with Crippen LogP contribution in [0, 0.1) is 0 Å². The topological polar surface area (TPSA) is 67.5 Å². The van der Waals surface area contributed by atoms with Gasteiger partial charge in [-0.15, -0.1) is 0 Å². The maximum Gasteiger partial charge on any atom is 0.272 e. The van der Waals surface area contributed by atoms with Crippen LogP contribution in [0.15, 0.2) is 74.9 Å². The van der Waals surface area contributed by atoms with E-state index in [1.807, 2.05) is 30.3 Å². The average Bonchev–Trinajstić information content (AvgIpc) is 3.04. The zero-order chi connectivity index (χ0) is 16.1. The van der Waals surface area contributed by atoms with Gasteiger partial charge in [0.1, 0.15) is 11.5 Å². The SMILES string of the molecule is O=C(NN=Cc1ccc(-c2cccc(Br)c2)o1)c1cccnc1. The summed E-state index contributed by atoms with van der Waals surface area (Å²) in [6.07, 6.45) is 4.53. The van der Waals surface area contributed by atoms with Crippen molar-refractivity contribution in [3.8, 4) is 11.3 Å². The highest BCUT2D eigenvalue weighted by molar-refractivity contribution is 9.10. The Labute approximate surface area is 141 Å². The van der Waals surface area contributed by atoms with E-state index in [2.05, 4.69) is 31.4 Å². The summed E-state index contributed by atoms with van der Waals surface area (Å²) in [4.78, 5) is 15.7. The molecule has 0 spiro atoms. The summed E-state index contributed by atoms with van der Waals surface area (Å²) in [5, 5.41) is 3.89. The molecule has 3 aromatic rings. The molecule has 1 N–H and O–H groups in total. The molecule has 0 radical (unpaired) electrons. The summed E-state index contributed by atoms with van der Waals surface area (Å²) < 4.78 is 6.66. The average molecular weight is 370 g/mol. The largest absolute Gasteiger partial charge is 0.455 e. The van der Waals surface area contributed by atoms with Crippen molar-refractivity contribution in [1.29, 1.82) is 0 Å². The number of amides is 1. The highest BCUT2D eigenvalue weighted by Gasteiger charge is 2.05. The lowest BCUT2D eigenvalue weighted by molar-refractivity contribution is 0.0955. The number of carbonyl (C=O) groups excluding carboxylic acids is 1. The highest BCUT2D eigenvalue weighted by Crippen LogP contribution is 2.24. The van der Waals surface area contributed by atoms with Crippen LogP contribution in [0.25, 0.3) is 11.3 Å². The number of nitrogens with one attached hydrogen (secondary N) is 1. The molecule has 0 saturated heterocycles. The summed E-state index contributed by atoms with van der Waals surface area (Å²) in [5.41, 5.74) is 3.83. The van der Waals surface area contributed by atoms with Gasteiger partial charge in [0.25, 0.3) is 5.91 Å². The number of furan rings is 1. The van der Waals surface area contributed by atoms with Crippen molar-refractivity contribution < 1.29 is 9.21 Å². The van der Waals surface area contributed by atoms with Gasteiger partial charge in [-0.3, -0.25) is 9.78 Å². The first-order valence-corrected chi connectivity index (χ1v) is 7.61. The lowest BCUT2D eigenvalue weighted by Crippen LogP contribution is -2.17. The van der Waals surface area contributed by atoms with Gasteiger partial charge in [0.2, 0.25) is 0 Å².